The van der Waals surface area contributed by atoms with Gasteiger partial charge in [-0.25, -0.2) is 0 Å². The maximum absolute atomic E-state index is 12.0. The molecule has 0 radical (unpaired) electrons. The molecule has 0 unspecified atom stereocenters. The van der Waals surface area contributed by atoms with Gasteiger partial charge in [0.25, 0.3) is 0 Å². The number of carbonyl (C=O) groups excluding carboxylic acids is 1. The zero-order valence-electron chi connectivity index (χ0n) is 9.57. The molecule has 5 heteroatoms. The number of hydrogen-bond donors (Lipinski definition) is 0. The van der Waals surface area contributed by atoms with Crippen molar-refractivity contribution in [2.24, 2.45) is 0 Å². The topological polar surface area (TPSA) is 26.3 Å². The molecule has 0 N–H and O–H groups in total. The van der Waals surface area contributed by atoms with Crippen LogP contribution in [-0.2, 0) is 6.42 Å². The number of hydrogen-bond acceptors (Lipinski definition) is 3. The third-order valence-electron chi connectivity index (χ3n) is 2.42. The first kappa shape index (κ1) is 13.8. The molecule has 0 aliphatic heterocycles. The van der Waals surface area contributed by atoms with Crippen molar-refractivity contribution in [1.29, 1.82) is 0 Å². The summed E-state index contributed by atoms with van der Waals surface area (Å²) < 4.78 is 6.97. The Morgan fingerprint density at radius 3 is 2.67 bits per heavy atom. The predicted octanol–water partition coefficient (Wildman–Crippen LogP) is 4.71. The smallest absolute Gasteiger partial charge is 0.177 e. The van der Waals surface area contributed by atoms with Crippen LogP contribution in [0.2, 0.25) is 0 Å². The van der Waals surface area contributed by atoms with Crippen LogP contribution in [0.25, 0.3) is 0 Å². The van der Waals surface area contributed by atoms with Crippen molar-refractivity contribution < 1.29 is 9.53 Å². The molecule has 0 amide bonds. The monoisotopic (exact) mass is 388 g/mol. The highest BCUT2D eigenvalue weighted by Crippen LogP contribution is 2.27. The third kappa shape index (κ3) is 3.22. The van der Waals surface area contributed by atoms with E-state index in [1.165, 1.54) is 11.3 Å². The second kappa shape index (κ2) is 5.99. The quantitative estimate of drug-likeness (QED) is 0.708. The summed E-state index contributed by atoms with van der Waals surface area (Å²) in [5, 5.41) is 1.91. The Hall–Kier alpha value is -0.650. The molecule has 2 aromatic rings. The van der Waals surface area contributed by atoms with Crippen molar-refractivity contribution in [2.45, 2.75) is 6.42 Å². The summed E-state index contributed by atoms with van der Waals surface area (Å²) in [6.07, 6.45) is 0.398. The average Bonchev–Trinajstić information content (AvgIpc) is 2.76. The van der Waals surface area contributed by atoms with Gasteiger partial charge < -0.3 is 4.74 Å². The Bertz CT molecular complexity index is 578. The Morgan fingerprint density at radius 1 is 1.33 bits per heavy atom. The molecule has 0 aliphatic carbocycles. The molecule has 0 bridgehead atoms. The minimum absolute atomic E-state index is 0.128. The summed E-state index contributed by atoms with van der Waals surface area (Å²) in [4.78, 5) is 12.8. The predicted molar refractivity (Wildman–Crippen MR) is 80.7 cm³/mol. The van der Waals surface area contributed by atoms with Gasteiger partial charge in [-0.15, -0.1) is 11.3 Å². The molecule has 2 nitrogen and oxygen atoms in total. The van der Waals surface area contributed by atoms with Gasteiger partial charge in [-0.2, -0.15) is 0 Å². The number of thiophene rings is 1. The fraction of sp³-hybridized carbons (Fsp3) is 0.154. The highest BCUT2D eigenvalue weighted by molar-refractivity contribution is 9.10. The van der Waals surface area contributed by atoms with E-state index in [9.17, 15) is 4.79 Å². The van der Waals surface area contributed by atoms with E-state index in [2.05, 4.69) is 31.9 Å². The number of ketones is 1. The number of benzene rings is 1. The van der Waals surface area contributed by atoms with E-state index in [0.717, 1.165) is 25.1 Å². The van der Waals surface area contributed by atoms with Gasteiger partial charge in [-0.3, -0.25) is 4.79 Å². The lowest BCUT2D eigenvalue weighted by atomic mass is 10.1. The molecule has 0 aliphatic rings. The molecule has 94 valence electrons. The molecule has 1 aromatic heterocycles. The Morgan fingerprint density at radius 2 is 2.11 bits per heavy atom. The lowest BCUT2D eigenvalue weighted by Gasteiger charge is -2.05. The lowest BCUT2D eigenvalue weighted by Crippen LogP contribution is -2.01. The molecule has 0 saturated heterocycles. The van der Waals surface area contributed by atoms with E-state index in [1.807, 2.05) is 29.6 Å². The van der Waals surface area contributed by atoms with E-state index in [1.54, 1.807) is 7.11 Å². The molecule has 2 rings (SSSR count). The Labute approximate surface area is 126 Å². The van der Waals surface area contributed by atoms with Crippen LogP contribution < -0.4 is 4.74 Å². The van der Waals surface area contributed by atoms with Crippen LogP contribution in [0.1, 0.15) is 15.2 Å². The first-order valence-corrected chi connectivity index (χ1v) is 7.66. The second-order valence-electron chi connectivity index (χ2n) is 3.70. The SMILES string of the molecule is COc1ccc(CC(=O)c2cc(Br)cs2)cc1Br. The van der Waals surface area contributed by atoms with Gasteiger partial charge in [-0.05, 0) is 55.6 Å². The van der Waals surface area contributed by atoms with Crippen molar-refractivity contribution in [1.82, 2.24) is 0 Å². The number of Topliss-reactive ketones (excluding diaryl/α,β-unsaturated/α-hetero) is 1. The van der Waals surface area contributed by atoms with E-state index < -0.39 is 0 Å². The summed E-state index contributed by atoms with van der Waals surface area (Å²) >= 11 is 8.22. The number of carbonyl (C=O) groups is 1. The minimum Gasteiger partial charge on any atom is -0.496 e. The van der Waals surface area contributed by atoms with Crippen LogP contribution in [0, 0.1) is 0 Å². The van der Waals surface area contributed by atoms with Gasteiger partial charge in [0.2, 0.25) is 0 Å². The molecule has 0 fully saturated rings. The molecular weight excluding hydrogens is 380 g/mol. The molecule has 18 heavy (non-hydrogen) atoms. The van der Waals surface area contributed by atoms with Crippen molar-refractivity contribution >= 4 is 49.0 Å². The summed E-state index contributed by atoms with van der Waals surface area (Å²) in [5.41, 5.74) is 0.970. The average molecular weight is 390 g/mol. The maximum Gasteiger partial charge on any atom is 0.177 e. The Kier molecular flexibility index (Phi) is 4.59. The van der Waals surface area contributed by atoms with Crippen molar-refractivity contribution in [3.63, 3.8) is 0 Å². The first-order valence-electron chi connectivity index (χ1n) is 5.20. The van der Waals surface area contributed by atoms with Crippen LogP contribution in [0.5, 0.6) is 5.75 Å². The second-order valence-corrected chi connectivity index (χ2v) is 6.38. The molecule has 0 atom stereocenters. The van der Waals surface area contributed by atoms with Crippen LogP contribution in [0.3, 0.4) is 0 Å². The minimum atomic E-state index is 0.128. The van der Waals surface area contributed by atoms with Gasteiger partial charge in [0.15, 0.2) is 5.78 Å². The van der Waals surface area contributed by atoms with Crippen LogP contribution in [0.4, 0.5) is 0 Å². The number of methoxy groups -OCH3 is 1. The summed E-state index contributed by atoms with van der Waals surface area (Å²) in [6.45, 7) is 0. The fourth-order valence-electron chi connectivity index (χ4n) is 1.55. The molecular formula is C13H10Br2O2S. The Balaban J connectivity index is 2.14. The van der Waals surface area contributed by atoms with Gasteiger partial charge in [-0.1, -0.05) is 6.07 Å². The van der Waals surface area contributed by atoms with Crippen LogP contribution in [0.15, 0.2) is 38.6 Å². The fourth-order valence-corrected chi connectivity index (χ4v) is 3.51. The number of halogens is 2. The van der Waals surface area contributed by atoms with Crippen LogP contribution in [-0.4, -0.2) is 12.9 Å². The van der Waals surface area contributed by atoms with E-state index >= 15 is 0 Å². The summed E-state index contributed by atoms with van der Waals surface area (Å²) in [5.74, 6) is 0.896. The van der Waals surface area contributed by atoms with Gasteiger partial charge in [0, 0.05) is 16.3 Å². The number of rotatable bonds is 4. The van der Waals surface area contributed by atoms with Gasteiger partial charge in [0.05, 0.1) is 16.5 Å². The van der Waals surface area contributed by atoms with E-state index in [0.29, 0.717) is 6.42 Å². The van der Waals surface area contributed by atoms with E-state index in [-0.39, 0.29) is 5.78 Å². The highest BCUT2D eigenvalue weighted by atomic mass is 79.9. The molecule has 0 spiro atoms. The maximum atomic E-state index is 12.0. The molecule has 1 heterocycles. The standard InChI is InChI=1S/C13H10Br2O2S/c1-17-12-3-2-8(4-10(12)15)5-11(16)13-6-9(14)7-18-13/h2-4,6-7H,5H2,1H3. The zero-order chi connectivity index (χ0) is 13.1. The largest absolute Gasteiger partial charge is 0.496 e. The van der Waals surface area contributed by atoms with Crippen molar-refractivity contribution in [2.75, 3.05) is 7.11 Å². The van der Waals surface area contributed by atoms with Crippen LogP contribution >= 0.6 is 43.2 Å². The first-order chi connectivity index (χ1) is 8.60. The lowest BCUT2D eigenvalue weighted by molar-refractivity contribution is 0.0997. The van der Waals surface area contributed by atoms with Gasteiger partial charge in [0.1, 0.15) is 5.75 Å². The zero-order valence-corrected chi connectivity index (χ0v) is 13.6. The molecule has 1 aromatic carbocycles. The van der Waals surface area contributed by atoms with E-state index in [4.69, 9.17) is 4.74 Å². The van der Waals surface area contributed by atoms with Crippen molar-refractivity contribution in [3.05, 3.63) is 49.0 Å². The summed E-state index contributed by atoms with van der Waals surface area (Å²) in [7, 11) is 1.62. The highest BCUT2D eigenvalue weighted by Gasteiger charge is 2.10. The third-order valence-corrected chi connectivity index (χ3v) is 4.78. The van der Waals surface area contributed by atoms with Gasteiger partial charge >= 0.3 is 0 Å². The molecule has 0 saturated carbocycles. The number of ether oxygens (including phenoxy) is 1. The normalized spacial score (nSPS) is 10.4. The summed E-state index contributed by atoms with van der Waals surface area (Å²) in [6, 6.07) is 7.53. The van der Waals surface area contributed by atoms with Crippen molar-refractivity contribution in [3.8, 4) is 5.75 Å².